The molecule has 2 saturated heterocycles. The number of hydrogen-bond acceptors (Lipinski definition) is 4. The van der Waals surface area contributed by atoms with Crippen molar-refractivity contribution in [3.8, 4) is 0 Å². The van der Waals surface area contributed by atoms with Crippen LogP contribution in [0.2, 0.25) is 0 Å². The van der Waals surface area contributed by atoms with E-state index in [0.29, 0.717) is 6.61 Å². The minimum absolute atomic E-state index is 0.106. The SMILES string of the molecule is CO[C@@H]1[C@@H]2O[C@H](c3ccccc3)OC[C@H]2O[C@H]1c1ccccc1. The molecule has 0 saturated carbocycles. The normalized spacial score (nSPS) is 33.3. The average Bonchev–Trinajstić information content (AvgIpc) is 3.01. The van der Waals surface area contributed by atoms with E-state index in [-0.39, 0.29) is 30.7 Å². The molecular weight excluding hydrogens is 292 g/mol. The van der Waals surface area contributed by atoms with Gasteiger partial charge in [0.05, 0.1) is 6.61 Å². The van der Waals surface area contributed by atoms with Crippen LogP contribution in [-0.2, 0) is 18.9 Å². The summed E-state index contributed by atoms with van der Waals surface area (Å²) in [6.07, 6.45) is -0.880. The first kappa shape index (κ1) is 14.8. The van der Waals surface area contributed by atoms with Crippen LogP contribution in [-0.4, -0.2) is 32.0 Å². The van der Waals surface area contributed by atoms with Crippen LogP contribution in [0.15, 0.2) is 60.7 Å². The Morgan fingerprint density at radius 3 is 2.17 bits per heavy atom. The van der Waals surface area contributed by atoms with E-state index in [1.54, 1.807) is 7.11 Å². The fraction of sp³-hybridized carbons (Fsp3) is 0.368. The standard InChI is InChI=1S/C19H20O4/c1-20-18-16(13-8-4-2-5-9-13)22-15-12-21-19(23-17(15)18)14-10-6-3-7-11-14/h2-11,15-19H,12H2,1H3/t15-,16+,17-,18+,19-/m1/s1. The number of hydrogen-bond donors (Lipinski definition) is 0. The van der Waals surface area contributed by atoms with Crippen molar-refractivity contribution >= 4 is 0 Å². The summed E-state index contributed by atoms with van der Waals surface area (Å²) in [5.74, 6) is 0. The second kappa shape index (κ2) is 6.42. The minimum Gasteiger partial charge on any atom is -0.376 e. The summed E-state index contributed by atoms with van der Waals surface area (Å²) in [7, 11) is 1.71. The summed E-state index contributed by atoms with van der Waals surface area (Å²) >= 11 is 0. The van der Waals surface area contributed by atoms with E-state index in [0.717, 1.165) is 11.1 Å². The Bertz CT molecular complexity index is 630. The van der Waals surface area contributed by atoms with E-state index in [2.05, 4.69) is 12.1 Å². The highest BCUT2D eigenvalue weighted by Crippen LogP contribution is 2.41. The number of ether oxygens (including phenoxy) is 4. The molecule has 4 heteroatoms. The monoisotopic (exact) mass is 312 g/mol. The van der Waals surface area contributed by atoms with E-state index >= 15 is 0 Å². The largest absolute Gasteiger partial charge is 0.376 e. The van der Waals surface area contributed by atoms with Crippen LogP contribution in [0.25, 0.3) is 0 Å². The molecule has 0 spiro atoms. The maximum absolute atomic E-state index is 6.18. The summed E-state index contributed by atoms with van der Waals surface area (Å²) < 4.78 is 23.9. The predicted octanol–water partition coefficient (Wildman–Crippen LogP) is 3.26. The molecular formula is C19H20O4. The molecule has 120 valence electrons. The molecule has 2 heterocycles. The molecule has 0 N–H and O–H groups in total. The quantitative estimate of drug-likeness (QED) is 0.872. The van der Waals surface area contributed by atoms with Gasteiger partial charge >= 0.3 is 0 Å². The van der Waals surface area contributed by atoms with Gasteiger partial charge in [0.1, 0.15) is 24.4 Å². The zero-order valence-electron chi connectivity index (χ0n) is 13.0. The van der Waals surface area contributed by atoms with Crippen molar-refractivity contribution in [2.24, 2.45) is 0 Å². The zero-order valence-corrected chi connectivity index (χ0v) is 13.0. The topological polar surface area (TPSA) is 36.9 Å². The van der Waals surface area contributed by atoms with Crippen molar-refractivity contribution in [1.82, 2.24) is 0 Å². The Morgan fingerprint density at radius 1 is 0.870 bits per heavy atom. The summed E-state index contributed by atoms with van der Waals surface area (Å²) in [4.78, 5) is 0. The van der Waals surface area contributed by atoms with Crippen molar-refractivity contribution in [3.63, 3.8) is 0 Å². The van der Waals surface area contributed by atoms with E-state index < -0.39 is 0 Å². The van der Waals surface area contributed by atoms with Gasteiger partial charge in [-0.15, -0.1) is 0 Å². The summed E-state index contributed by atoms with van der Waals surface area (Å²) in [6.45, 7) is 0.507. The molecule has 5 atom stereocenters. The molecule has 0 aromatic heterocycles. The van der Waals surface area contributed by atoms with Crippen molar-refractivity contribution in [2.75, 3.05) is 13.7 Å². The molecule has 4 rings (SSSR count). The second-order valence-electron chi connectivity index (χ2n) is 5.88. The Hall–Kier alpha value is -1.72. The lowest BCUT2D eigenvalue weighted by Crippen LogP contribution is -2.43. The molecule has 2 aliphatic heterocycles. The third kappa shape index (κ3) is 2.79. The molecule has 2 aromatic carbocycles. The van der Waals surface area contributed by atoms with Crippen molar-refractivity contribution in [2.45, 2.75) is 30.7 Å². The van der Waals surface area contributed by atoms with Gasteiger partial charge in [0, 0.05) is 12.7 Å². The second-order valence-corrected chi connectivity index (χ2v) is 5.88. The van der Waals surface area contributed by atoms with Gasteiger partial charge in [-0.25, -0.2) is 0 Å². The predicted molar refractivity (Wildman–Crippen MR) is 84.9 cm³/mol. The van der Waals surface area contributed by atoms with Gasteiger partial charge < -0.3 is 18.9 Å². The first-order valence-corrected chi connectivity index (χ1v) is 7.92. The number of benzene rings is 2. The van der Waals surface area contributed by atoms with Crippen LogP contribution in [0.4, 0.5) is 0 Å². The molecule has 4 nitrogen and oxygen atoms in total. The highest BCUT2D eigenvalue weighted by molar-refractivity contribution is 5.22. The third-order valence-electron chi connectivity index (χ3n) is 4.47. The van der Waals surface area contributed by atoms with Gasteiger partial charge in [0.2, 0.25) is 0 Å². The highest BCUT2D eigenvalue weighted by atomic mass is 16.7. The van der Waals surface area contributed by atoms with E-state index in [1.807, 2.05) is 48.5 Å². The van der Waals surface area contributed by atoms with Crippen molar-refractivity contribution in [1.29, 1.82) is 0 Å². The molecule has 0 aliphatic carbocycles. The van der Waals surface area contributed by atoms with Gasteiger partial charge in [-0.2, -0.15) is 0 Å². The lowest BCUT2D eigenvalue weighted by Gasteiger charge is -2.33. The van der Waals surface area contributed by atoms with Crippen LogP contribution in [0, 0.1) is 0 Å². The van der Waals surface area contributed by atoms with Gasteiger partial charge in [-0.05, 0) is 5.56 Å². The van der Waals surface area contributed by atoms with Gasteiger partial charge in [-0.1, -0.05) is 60.7 Å². The van der Waals surface area contributed by atoms with Crippen molar-refractivity contribution < 1.29 is 18.9 Å². The van der Waals surface area contributed by atoms with Gasteiger partial charge in [0.15, 0.2) is 6.29 Å². The van der Waals surface area contributed by atoms with Crippen LogP contribution < -0.4 is 0 Å². The Balaban J connectivity index is 1.56. The van der Waals surface area contributed by atoms with E-state index in [4.69, 9.17) is 18.9 Å². The third-order valence-corrected chi connectivity index (χ3v) is 4.47. The molecule has 23 heavy (non-hydrogen) atoms. The maximum Gasteiger partial charge on any atom is 0.184 e. The number of fused-ring (bicyclic) bond motifs is 1. The van der Waals surface area contributed by atoms with Crippen LogP contribution in [0.3, 0.4) is 0 Å². The molecule has 2 aliphatic rings. The van der Waals surface area contributed by atoms with Crippen LogP contribution >= 0.6 is 0 Å². The molecule has 0 unspecified atom stereocenters. The molecule has 2 fully saturated rings. The maximum atomic E-state index is 6.18. The first-order valence-electron chi connectivity index (χ1n) is 7.92. The number of rotatable bonds is 3. The van der Waals surface area contributed by atoms with Gasteiger partial charge in [0.25, 0.3) is 0 Å². The minimum atomic E-state index is -0.367. The van der Waals surface area contributed by atoms with E-state index in [1.165, 1.54) is 0 Å². The molecule has 2 aromatic rings. The lowest BCUT2D eigenvalue weighted by molar-refractivity contribution is -0.253. The zero-order chi connectivity index (χ0) is 15.6. The Labute approximate surface area is 135 Å². The van der Waals surface area contributed by atoms with Crippen LogP contribution in [0.5, 0.6) is 0 Å². The number of methoxy groups -OCH3 is 1. The Kier molecular flexibility index (Phi) is 4.14. The summed E-state index contributed by atoms with van der Waals surface area (Å²) in [6, 6.07) is 20.1. The summed E-state index contributed by atoms with van der Waals surface area (Å²) in [5, 5.41) is 0. The summed E-state index contributed by atoms with van der Waals surface area (Å²) in [5.41, 5.74) is 2.12. The Morgan fingerprint density at radius 2 is 1.52 bits per heavy atom. The van der Waals surface area contributed by atoms with Gasteiger partial charge in [-0.3, -0.25) is 0 Å². The van der Waals surface area contributed by atoms with Crippen LogP contribution in [0.1, 0.15) is 23.5 Å². The fourth-order valence-electron chi connectivity index (χ4n) is 3.34. The smallest absolute Gasteiger partial charge is 0.184 e. The lowest BCUT2D eigenvalue weighted by atomic mass is 10.0. The first-order chi connectivity index (χ1) is 11.4. The fourth-order valence-corrected chi connectivity index (χ4v) is 3.34. The molecule has 0 radical (unpaired) electrons. The average molecular weight is 312 g/mol. The van der Waals surface area contributed by atoms with E-state index in [9.17, 15) is 0 Å². The molecule has 0 bridgehead atoms. The highest BCUT2D eigenvalue weighted by Gasteiger charge is 2.50. The van der Waals surface area contributed by atoms with Crippen molar-refractivity contribution in [3.05, 3.63) is 71.8 Å². The molecule has 0 amide bonds.